The Morgan fingerprint density at radius 1 is 0.949 bits per heavy atom. The SMILES string of the molecule is CN1[N]C(C2=CC3=CC=C4C=C(C5=CSC(c6scc[s+]6)S5)C=C5C=CC(=C2)C3(C#N)C45C#N)=NN(C)C1=O. The lowest BCUT2D eigenvalue weighted by Gasteiger charge is -2.51. The highest BCUT2D eigenvalue weighted by molar-refractivity contribution is 8.22. The van der Waals surface area contributed by atoms with Crippen molar-refractivity contribution in [3.63, 3.8) is 0 Å². The maximum atomic E-state index is 12.1. The van der Waals surface area contributed by atoms with Gasteiger partial charge in [0.05, 0.1) is 34.8 Å². The van der Waals surface area contributed by atoms with Crippen LogP contribution in [0, 0.1) is 33.5 Å². The Balaban J connectivity index is 1.34. The van der Waals surface area contributed by atoms with Gasteiger partial charge >= 0.3 is 6.03 Å². The van der Waals surface area contributed by atoms with E-state index in [4.69, 9.17) is 0 Å². The maximum absolute atomic E-state index is 12.1. The van der Waals surface area contributed by atoms with E-state index in [1.54, 1.807) is 36.8 Å². The van der Waals surface area contributed by atoms with Crippen molar-refractivity contribution in [2.45, 2.75) is 4.58 Å². The van der Waals surface area contributed by atoms with E-state index in [1.807, 2.05) is 60.0 Å². The minimum Gasteiger partial charge on any atom is -0.244 e. The maximum Gasteiger partial charge on any atom is 0.360 e. The van der Waals surface area contributed by atoms with E-state index in [0.717, 1.165) is 16.7 Å². The number of rotatable bonds is 3. The van der Waals surface area contributed by atoms with E-state index in [9.17, 15) is 15.3 Å². The van der Waals surface area contributed by atoms with Crippen molar-refractivity contribution in [2.75, 3.05) is 14.1 Å². The number of carbonyl (C=O) groups is 1. The molecule has 1 radical (unpaired) electrons. The number of nitriles is 2. The summed E-state index contributed by atoms with van der Waals surface area (Å²) >= 11 is 7.20. The summed E-state index contributed by atoms with van der Waals surface area (Å²) in [5.74, 6) is 0.366. The van der Waals surface area contributed by atoms with Crippen LogP contribution in [0.5, 0.6) is 0 Å². The Kier molecular flexibility index (Phi) is 5.45. The van der Waals surface area contributed by atoms with Crippen LogP contribution in [-0.2, 0) is 0 Å². The Bertz CT molecular complexity index is 1720. The average Bonchev–Trinajstić information content (AvgIpc) is 3.66. The third kappa shape index (κ3) is 3.25. The van der Waals surface area contributed by atoms with Gasteiger partial charge in [0.2, 0.25) is 0 Å². The van der Waals surface area contributed by atoms with Gasteiger partial charge in [0.25, 0.3) is 4.19 Å². The van der Waals surface area contributed by atoms with E-state index >= 15 is 0 Å². The number of allylic oxidation sites excluding steroid dienone is 12. The summed E-state index contributed by atoms with van der Waals surface area (Å²) in [4.78, 5) is 13.3. The summed E-state index contributed by atoms with van der Waals surface area (Å²) in [5.41, 5.74) is 6.72. The highest BCUT2D eigenvalue weighted by Gasteiger charge is 2.63. The van der Waals surface area contributed by atoms with Crippen LogP contribution in [0.4, 0.5) is 4.79 Å². The fourth-order valence-electron chi connectivity index (χ4n) is 5.71. The number of hydrogen-bond acceptors (Lipinski definition) is 7. The molecule has 0 N–H and O–H groups in total. The van der Waals surface area contributed by atoms with E-state index < -0.39 is 10.8 Å². The largest absolute Gasteiger partial charge is 0.360 e. The first-order valence-corrected chi connectivity index (χ1v) is 15.5. The van der Waals surface area contributed by atoms with Gasteiger partial charge in [-0.1, -0.05) is 36.1 Å². The Morgan fingerprint density at radius 3 is 2.23 bits per heavy atom. The molecule has 0 saturated carbocycles. The van der Waals surface area contributed by atoms with Crippen LogP contribution in [0.1, 0.15) is 8.77 Å². The lowest BCUT2D eigenvalue weighted by molar-refractivity contribution is 0.155. The van der Waals surface area contributed by atoms with Gasteiger partial charge < -0.3 is 0 Å². The van der Waals surface area contributed by atoms with Gasteiger partial charge in [-0.2, -0.15) is 10.5 Å². The van der Waals surface area contributed by atoms with Crippen LogP contribution in [0.3, 0.4) is 0 Å². The molecule has 11 heteroatoms. The fourth-order valence-corrected chi connectivity index (χ4v) is 10.7. The summed E-state index contributed by atoms with van der Waals surface area (Å²) in [5, 5.41) is 34.9. The summed E-state index contributed by atoms with van der Waals surface area (Å²) < 4.78 is 1.71. The highest BCUT2D eigenvalue weighted by Crippen LogP contribution is 2.66. The standard InChI is InChI=1S/C28H18N6OS4/c1-33-26(35)34(2)32-23(31-33)17-11-20-5-3-18-9-16(22-13-38-25(39-22)24-36-7-8-37-24)10-19-4-6-21(12-17)28(20,15-30)27(18,19)14-29/h3-13,25H,1-2H3/q+1. The minimum atomic E-state index is -1.21. The van der Waals surface area contributed by atoms with Crippen molar-refractivity contribution in [1.82, 2.24) is 15.4 Å². The second kappa shape index (κ2) is 8.70. The van der Waals surface area contributed by atoms with E-state index in [2.05, 4.69) is 51.0 Å². The minimum absolute atomic E-state index is 0.337. The normalized spacial score (nSPS) is 30.3. The molecule has 2 aliphatic heterocycles. The van der Waals surface area contributed by atoms with E-state index in [1.165, 1.54) is 19.1 Å². The fraction of sp³-hybridized carbons (Fsp3) is 0.179. The Labute approximate surface area is 241 Å². The molecule has 7 nitrogen and oxygen atoms in total. The van der Waals surface area contributed by atoms with Crippen molar-refractivity contribution in [2.24, 2.45) is 15.9 Å². The first kappa shape index (κ1) is 24.4. The molecule has 4 aliphatic carbocycles. The second-order valence-corrected chi connectivity index (χ2v) is 14.0. The molecule has 3 unspecified atom stereocenters. The van der Waals surface area contributed by atoms with Crippen molar-refractivity contribution in [1.29, 1.82) is 10.5 Å². The summed E-state index contributed by atoms with van der Waals surface area (Å²) in [6.45, 7) is 0. The van der Waals surface area contributed by atoms with Crippen LogP contribution in [-0.4, -0.2) is 36.0 Å². The molecule has 0 spiro atoms. The molecule has 0 fully saturated rings. The van der Waals surface area contributed by atoms with Crippen molar-refractivity contribution in [3.8, 4) is 12.1 Å². The molecule has 3 heterocycles. The van der Waals surface area contributed by atoms with Gasteiger partial charge in [0, 0.05) is 24.6 Å². The quantitative estimate of drug-likeness (QED) is 0.383. The number of hydrogen-bond donors (Lipinski definition) is 0. The van der Waals surface area contributed by atoms with Crippen molar-refractivity contribution in [3.05, 3.63) is 107 Å². The van der Waals surface area contributed by atoms with Gasteiger partial charge in [-0.05, 0) is 57.6 Å². The zero-order valence-electron chi connectivity index (χ0n) is 20.7. The van der Waals surface area contributed by atoms with Crippen molar-refractivity contribution < 1.29 is 4.79 Å². The molecule has 1 aromatic rings. The van der Waals surface area contributed by atoms with E-state index in [0.29, 0.717) is 27.1 Å². The molecule has 189 valence electrons. The van der Waals surface area contributed by atoms with Gasteiger partial charge in [-0.3, -0.25) is 0 Å². The predicted octanol–water partition coefficient (Wildman–Crippen LogP) is 6.43. The molecule has 6 aliphatic rings. The van der Waals surface area contributed by atoms with Gasteiger partial charge in [-0.15, -0.1) is 22.3 Å². The lowest BCUT2D eigenvalue weighted by Crippen LogP contribution is -2.51. The van der Waals surface area contributed by atoms with Gasteiger partial charge in [0.1, 0.15) is 26.2 Å². The predicted molar refractivity (Wildman–Crippen MR) is 157 cm³/mol. The Hall–Kier alpha value is -3.61. The van der Waals surface area contributed by atoms with Gasteiger partial charge in [-0.25, -0.2) is 14.8 Å². The zero-order chi connectivity index (χ0) is 26.9. The third-order valence-electron chi connectivity index (χ3n) is 7.49. The number of nitrogens with zero attached hydrogens (tertiary/aromatic N) is 6. The molecular weight excluding hydrogens is 565 g/mol. The molecule has 0 bridgehead atoms. The van der Waals surface area contributed by atoms with Crippen LogP contribution >= 0.6 is 46.2 Å². The zero-order valence-corrected chi connectivity index (χ0v) is 23.9. The molecule has 7 rings (SSSR count). The molecule has 1 aromatic heterocycles. The number of thioether (sulfide) groups is 2. The van der Waals surface area contributed by atoms with Crippen LogP contribution in [0.25, 0.3) is 0 Å². The first-order chi connectivity index (χ1) is 18.9. The molecule has 2 amide bonds. The number of carbonyl (C=O) groups excluding carboxylic acids is 1. The summed E-state index contributed by atoms with van der Waals surface area (Å²) in [6, 6.07) is 4.82. The molecule has 0 saturated heterocycles. The van der Waals surface area contributed by atoms with Crippen LogP contribution in [0.2, 0.25) is 0 Å². The number of amidine groups is 1. The van der Waals surface area contributed by atoms with Gasteiger partial charge in [0.15, 0.2) is 5.84 Å². The van der Waals surface area contributed by atoms with Crippen LogP contribution < -0.4 is 5.43 Å². The molecular formula is C28H18N6OS4+. The lowest BCUT2D eigenvalue weighted by atomic mass is 9.46. The van der Waals surface area contributed by atoms with E-state index in [-0.39, 0.29) is 6.03 Å². The molecule has 0 aromatic carbocycles. The Morgan fingerprint density at radius 2 is 1.62 bits per heavy atom. The van der Waals surface area contributed by atoms with Crippen molar-refractivity contribution >= 4 is 58.1 Å². The molecule has 3 atom stereocenters. The number of urea groups is 1. The summed E-state index contributed by atoms with van der Waals surface area (Å²) in [7, 11) is 3.15. The number of hydrazone groups is 1. The average molecular weight is 583 g/mol. The first-order valence-electron chi connectivity index (χ1n) is 11.9. The number of amides is 2. The molecule has 39 heavy (non-hydrogen) atoms. The summed E-state index contributed by atoms with van der Waals surface area (Å²) in [6.07, 6.45) is 15.7. The third-order valence-corrected chi connectivity index (χ3v) is 13.0. The highest BCUT2D eigenvalue weighted by atomic mass is 32.2. The second-order valence-electron chi connectivity index (χ2n) is 9.45. The topological polar surface area (TPSA) is 97.6 Å². The smallest absolute Gasteiger partial charge is 0.244 e. The van der Waals surface area contributed by atoms with Crippen LogP contribution in [0.15, 0.2) is 108 Å². The monoisotopic (exact) mass is 582 g/mol.